The first-order chi connectivity index (χ1) is 11.7. The fourth-order valence-electron chi connectivity index (χ4n) is 2.70. The van der Waals surface area contributed by atoms with Crippen molar-refractivity contribution in [1.29, 1.82) is 0 Å². The molecule has 1 aromatic carbocycles. The van der Waals surface area contributed by atoms with Gasteiger partial charge in [-0.25, -0.2) is 4.68 Å². The maximum atomic E-state index is 12.0. The van der Waals surface area contributed by atoms with Gasteiger partial charge in [0.25, 0.3) is 0 Å². The van der Waals surface area contributed by atoms with Crippen LogP contribution >= 0.6 is 11.8 Å². The minimum absolute atomic E-state index is 0.0659. The highest BCUT2D eigenvalue weighted by Gasteiger charge is 2.34. The second-order valence-electron chi connectivity index (χ2n) is 5.75. The Morgan fingerprint density at radius 3 is 2.75 bits per heavy atom. The molecule has 6 nitrogen and oxygen atoms in total. The quantitative estimate of drug-likeness (QED) is 0.768. The molecule has 3 rings (SSSR count). The number of amides is 1. The van der Waals surface area contributed by atoms with E-state index in [1.54, 1.807) is 18.9 Å². The summed E-state index contributed by atoms with van der Waals surface area (Å²) in [6.45, 7) is 3.94. The van der Waals surface area contributed by atoms with E-state index < -0.39 is 0 Å². The maximum Gasteiger partial charge on any atom is 0.233 e. The summed E-state index contributed by atoms with van der Waals surface area (Å²) in [7, 11) is 1.64. The van der Waals surface area contributed by atoms with E-state index in [0.29, 0.717) is 25.4 Å². The molecule has 0 N–H and O–H groups in total. The molecule has 7 heteroatoms. The second kappa shape index (κ2) is 7.81. The predicted octanol–water partition coefficient (Wildman–Crippen LogP) is 2.11. The van der Waals surface area contributed by atoms with Crippen molar-refractivity contribution in [3.05, 3.63) is 47.3 Å². The van der Waals surface area contributed by atoms with Gasteiger partial charge in [0.2, 0.25) is 5.91 Å². The molecular weight excluding hydrogens is 324 g/mol. The van der Waals surface area contributed by atoms with Crippen LogP contribution in [-0.4, -0.2) is 51.8 Å². The van der Waals surface area contributed by atoms with Crippen molar-refractivity contribution in [3.8, 4) is 0 Å². The molecule has 0 saturated carbocycles. The Hall–Kier alpha value is -1.86. The van der Waals surface area contributed by atoms with E-state index in [9.17, 15) is 4.79 Å². The molecule has 0 bridgehead atoms. The van der Waals surface area contributed by atoms with Gasteiger partial charge in [-0.15, -0.1) is 16.9 Å². The molecule has 2 heterocycles. The van der Waals surface area contributed by atoms with Crippen LogP contribution in [0.2, 0.25) is 0 Å². The number of benzene rings is 1. The lowest BCUT2D eigenvalue weighted by molar-refractivity contribution is -0.128. The van der Waals surface area contributed by atoms with Gasteiger partial charge in [-0.1, -0.05) is 36.4 Å². The molecule has 1 saturated heterocycles. The molecule has 128 valence electrons. The van der Waals surface area contributed by atoms with E-state index in [1.165, 1.54) is 11.1 Å². The lowest BCUT2D eigenvalue weighted by Gasteiger charge is -2.21. The van der Waals surface area contributed by atoms with Crippen molar-refractivity contribution in [2.24, 2.45) is 0 Å². The topological polar surface area (TPSA) is 60.2 Å². The Kier molecular flexibility index (Phi) is 5.52. The zero-order valence-corrected chi connectivity index (χ0v) is 14.8. The van der Waals surface area contributed by atoms with E-state index in [1.807, 2.05) is 15.8 Å². The molecule has 1 aliphatic rings. The van der Waals surface area contributed by atoms with E-state index >= 15 is 0 Å². The third-order valence-electron chi connectivity index (χ3n) is 4.09. The summed E-state index contributed by atoms with van der Waals surface area (Å²) in [5, 5.41) is 8.43. The number of hydrogen-bond acceptors (Lipinski definition) is 5. The van der Waals surface area contributed by atoms with Gasteiger partial charge in [0.05, 0.1) is 25.1 Å². The first-order valence-electron chi connectivity index (χ1n) is 8.09. The summed E-state index contributed by atoms with van der Waals surface area (Å²) in [5.41, 5.74) is 3.34. The molecule has 2 aromatic rings. The number of rotatable bonds is 7. The van der Waals surface area contributed by atoms with Crippen molar-refractivity contribution >= 4 is 17.7 Å². The SMILES string of the molecule is CCc1ccc(Cn2cc(C3SCC(=O)N3CCOC)nn2)cc1. The molecule has 1 fully saturated rings. The number of aryl methyl sites for hydroxylation is 1. The van der Waals surface area contributed by atoms with E-state index in [4.69, 9.17) is 4.74 Å². The maximum absolute atomic E-state index is 12.0. The summed E-state index contributed by atoms with van der Waals surface area (Å²) in [4.78, 5) is 13.8. The number of nitrogens with zero attached hydrogens (tertiary/aromatic N) is 4. The highest BCUT2D eigenvalue weighted by molar-refractivity contribution is 8.00. The normalized spacial score (nSPS) is 17.7. The van der Waals surface area contributed by atoms with Crippen molar-refractivity contribution in [3.63, 3.8) is 0 Å². The van der Waals surface area contributed by atoms with Crippen LogP contribution in [0.15, 0.2) is 30.5 Å². The Balaban J connectivity index is 1.69. The third-order valence-corrected chi connectivity index (χ3v) is 5.31. The fraction of sp³-hybridized carbons (Fsp3) is 0.471. The Labute approximate surface area is 146 Å². The van der Waals surface area contributed by atoms with Crippen LogP contribution in [0.5, 0.6) is 0 Å². The van der Waals surface area contributed by atoms with Crippen LogP contribution < -0.4 is 0 Å². The lowest BCUT2D eigenvalue weighted by Crippen LogP contribution is -2.31. The van der Waals surface area contributed by atoms with Crippen LogP contribution in [-0.2, 0) is 22.5 Å². The number of methoxy groups -OCH3 is 1. The van der Waals surface area contributed by atoms with Gasteiger partial charge in [-0.2, -0.15) is 0 Å². The van der Waals surface area contributed by atoms with Crippen molar-refractivity contribution in [1.82, 2.24) is 19.9 Å². The summed E-state index contributed by atoms with van der Waals surface area (Å²) in [6, 6.07) is 8.54. The molecule has 1 unspecified atom stereocenters. The van der Waals surface area contributed by atoms with E-state index in [2.05, 4.69) is 41.5 Å². The minimum atomic E-state index is -0.0659. The fourth-order valence-corrected chi connectivity index (χ4v) is 3.85. The van der Waals surface area contributed by atoms with Crippen molar-refractivity contribution < 1.29 is 9.53 Å². The van der Waals surface area contributed by atoms with Crippen LogP contribution in [0, 0.1) is 0 Å². The van der Waals surface area contributed by atoms with Crippen LogP contribution in [0.3, 0.4) is 0 Å². The first kappa shape index (κ1) is 17.0. The Morgan fingerprint density at radius 1 is 1.29 bits per heavy atom. The number of carbonyl (C=O) groups excluding carboxylic acids is 1. The summed E-state index contributed by atoms with van der Waals surface area (Å²) in [5.74, 6) is 0.617. The average Bonchev–Trinajstić information content (AvgIpc) is 3.20. The van der Waals surface area contributed by atoms with Crippen LogP contribution in [0.25, 0.3) is 0 Å². The molecule has 1 aromatic heterocycles. The molecule has 1 amide bonds. The summed E-state index contributed by atoms with van der Waals surface area (Å²) < 4.78 is 6.92. The molecule has 0 radical (unpaired) electrons. The molecule has 1 atom stereocenters. The Morgan fingerprint density at radius 2 is 2.04 bits per heavy atom. The highest BCUT2D eigenvalue weighted by atomic mass is 32.2. The van der Waals surface area contributed by atoms with Gasteiger partial charge in [0.1, 0.15) is 11.1 Å². The van der Waals surface area contributed by atoms with Gasteiger partial charge in [0, 0.05) is 13.7 Å². The highest BCUT2D eigenvalue weighted by Crippen LogP contribution is 2.37. The van der Waals surface area contributed by atoms with Gasteiger partial charge in [0.15, 0.2) is 0 Å². The smallest absolute Gasteiger partial charge is 0.233 e. The molecule has 0 spiro atoms. The monoisotopic (exact) mass is 346 g/mol. The average molecular weight is 346 g/mol. The molecule has 1 aliphatic heterocycles. The van der Waals surface area contributed by atoms with Gasteiger partial charge in [-0.05, 0) is 17.5 Å². The Bertz CT molecular complexity index is 686. The number of aromatic nitrogens is 3. The standard InChI is InChI=1S/C17H22N4O2S/c1-3-13-4-6-14(7-5-13)10-20-11-15(18-19-20)17-21(8-9-23-2)16(22)12-24-17/h4-7,11,17H,3,8-10,12H2,1-2H3. The number of hydrogen-bond donors (Lipinski definition) is 0. The lowest BCUT2D eigenvalue weighted by atomic mass is 10.1. The number of thioether (sulfide) groups is 1. The van der Waals surface area contributed by atoms with Gasteiger partial charge >= 0.3 is 0 Å². The largest absolute Gasteiger partial charge is 0.383 e. The van der Waals surface area contributed by atoms with Crippen molar-refractivity contribution in [2.45, 2.75) is 25.3 Å². The number of carbonyl (C=O) groups is 1. The zero-order valence-electron chi connectivity index (χ0n) is 14.0. The summed E-state index contributed by atoms with van der Waals surface area (Å²) in [6.07, 6.45) is 2.97. The van der Waals surface area contributed by atoms with Crippen molar-refractivity contribution in [2.75, 3.05) is 26.0 Å². The third kappa shape index (κ3) is 3.79. The zero-order chi connectivity index (χ0) is 16.9. The second-order valence-corrected chi connectivity index (χ2v) is 6.82. The molecular formula is C17H22N4O2S. The van der Waals surface area contributed by atoms with Crippen LogP contribution in [0.1, 0.15) is 29.1 Å². The predicted molar refractivity (Wildman–Crippen MR) is 93.7 cm³/mol. The molecule has 0 aliphatic carbocycles. The summed E-state index contributed by atoms with van der Waals surface area (Å²) >= 11 is 1.59. The van der Waals surface area contributed by atoms with Crippen LogP contribution in [0.4, 0.5) is 0 Å². The minimum Gasteiger partial charge on any atom is -0.383 e. The van der Waals surface area contributed by atoms with Gasteiger partial charge in [-0.3, -0.25) is 4.79 Å². The van der Waals surface area contributed by atoms with Gasteiger partial charge < -0.3 is 9.64 Å². The molecule has 24 heavy (non-hydrogen) atoms. The number of ether oxygens (including phenoxy) is 1. The van der Waals surface area contributed by atoms with E-state index in [-0.39, 0.29) is 11.3 Å². The van der Waals surface area contributed by atoms with E-state index in [0.717, 1.165) is 12.1 Å². The first-order valence-corrected chi connectivity index (χ1v) is 9.14.